The number of hydrogen-bond donors (Lipinski definition) is 0. The fourth-order valence-electron chi connectivity index (χ4n) is 2.96. The quantitative estimate of drug-likeness (QED) is 0.394. The van der Waals surface area contributed by atoms with Crippen molar-refractivity contribution in [1.29, 1.82) is 0 Å². The molecule has 0 atom stereocenters. The molecule has 0 saturated heterocycles. The van der Waals surface area contributed by atoms with Crippen molar-refractivity contribution in [2.24, 2.45) is 0 Å². The van der Waals surface area contributed by atoms with E-state index in [2.05, 4.69) is 9.97 Å². The predicted molar refractivity (Wildman–Crippen MR) is 103 cm³/mol. The Morgan fingerprint density at radius 1 is 0.769 bits per heavy atom. The second-order valence-electron chi connectivity index (χ2n) is 5.88. The van der Waals surface area contributed by atoms with Crippen molar-refractivity contribution >= 4 is 34.4 Å². The molecule has 4 rings (SSSR count). The lowest BCUT2D eigenvalue weighted by Crippen LogP contribution is -2.25. The van der Waals surface area contributed by atoms with Crippen LogP contribution in [0.15, 0.2) is 65.5 Å². The highest BCUT2D eigenvalue weighted by Gasteiger charge is 2.19. The van der Waals surface area contributed by atoms with Crippen LogP contribution in [-0.4, -0.2) is 19.1 Å². The minimum absolute atomic E-state index is 0.0150. The molecule has 0 saturated carbocycles. The lowest BCUT2D eigenvalue weighted by Gasteiger charge is -2.04. The Bertz CT molecular complexity index is 1120. The van der Waals surface area contributed by atoms with E-state index in [9.17, 15) is 4.79 Å². The molecule has 2 heterocycles. The van der Waals surface area contributed by atoms with E-state index < -0.39 is 0 Å². The summed E-state index contributed by atoms with van der Waals surface area (Å²) >= 11 is 12.3. The van der Waals surface area contributed by atoms with Crippen LogP contribution in [0, 0.1) is 0 Å². The third kappa shape index (κ3) is 3.11. The molecule has 7 heteroatoms. The number of benzene rings is 2. The molecule has 0 amide bonds. The van der Waals surface area contributed by atoms with Crippen LogP contribution in [-0.2, 0) is 13.1 Å². The monoisotopic (exact) mass is 384 g/mol. The zero-order chi connectivity index (χ0) is 18.1. The molecule has 0 fully saturated rings. The van der Waals surface area contributed by atoms with Gasteiger partial charge in [0.05, 0.1) is 13.1 Å². The largest absolute Gasteiger partial charge is 0.331 e. The summed E-state index contributed by atoms with van der Waals surface area (Å²) in [7, 11) is 0. The molecule has 2 aromatic heterocycles. The number of aromatic nitrogens is 4. The van der Waals surface area contributed by atoms with Gasteiger partial charge in [-0.15, -0.1) is 0 Å². The van der Waals surface area contributed by atoms with Crippen LogP contribution < -0.4 is 5.69 Å². The number of rotatable bonds is 4. The van der Waals surface area contributed by atoms with Crippen LogP contribution in [0.25, 0.3) is 11.2 Å². The first kappa shape index (κ1) is 16.8. The molecule has 0 aliphatic rings. The van der Waals surface area contributed by atoms with Crippen LogP contribution in [0.2, 0.25) is 10.4 Å². The fraction of sp³-hybridized carbons (Fsp3) is 0.105. The topological polar surface area (TPSA) is 52.7 Å². The molecule has 0 bridgehead atoms. The zero-order valence-electron chi connectivity index (χ0n) is 13.6. The summed E-state index contributed by atoms with van der Waals surface area (Å²) in [4.78, 5) is 21.4. The van der Waals surface area contributed by atoms with Crippen LogP contribution in [0.3, 0.4) is 0 Å². The Morgan fingerprint density at radius 2 is 1.31 bits per heavy atom. The van der Waals surface area contributed by atoms with E-state index in [-0.39, 0.29) is 16.1 Å². The second kappa shape index (κ2) is 6.94. The molecule has 26 heavy (non-hydrogen) atoms. The molecule has 0 N–H and O–H groups in total. The third-order valence-corrected chi connectivity index (χ3v) is 4.58. The Labute approximate surface area is 159 Å². The highest BCUT2D eigenvalue weighted by Crippen LogP contribution is 2.23. The van der Waals surface area contributed by atoms with Gasteiger partial charge in [0.2, 0.25) is 5.28 Å². The Morgan fingerprint density at radius 3 is 1.88 bits per heavy atom. The smallest absolute Gasteiger partial charge is 0.283 e. The van der Waals surface area contributed by atoms with Gasteiger partial charge in [-0.1, -0.05) is 72.3 Å². The predicted octanol–water partition coefficient (Wildman–Crippen LogP) is 4.00. The molecule has 0 spiro atoms. The van der Waals surface area contributed by atoms with Crippen molar-refractivity contribution in [2.75, 3.05) is 0 Å². The van der Waals surface area contributed by atoms with Gasteiger partial charge in [0.1, 0.15) is 5.52 Å². The number of hydrogen-bond acceptors (Lipinski definition) is 3. The van der Waals surface area contributed by atoms with Gasteiger partial charge in [-0.3, -0.25) is 9.13 Å². The van der Waals surface area contributed by atoms with Crippen LogP contribution in [0.4, 0.5) is 0 Å². The highest BCUT2D eigenvalue weighted by molar-refractivity contribution is 6.35. The zero-order valence-corrected chi connectivity index (χ0v) is 15.2. The van der Waals surface area contributed by atoms with E-state index in [1.165, 1.54) is 0 Å². The van der Waals surface area contributed by atoms with Crippen molar-refractivity contribution in [1.82, 2.24) is 19.1 Å². The van der Waals surface area contributed by atoms with Gasteiger partial charge < -0.3 is 0 Å². The Balaban J connectivity index is 1.91. The standard InChI is InChI=1S/C19H14Cl2N4O/c20-16-15-17(23-18(21)22-16)25(12-14-9-5-2-6-10-14)19(26)24(15)11-13-7-3-1-4-8-13/h1-10H,11-12H2. The minimum Gasteiger partial charge on any atom is -0.283 e. The summed E-state index contributed by atoms with van der Waals surface area (Å²) in [5.74, 6) is 0. The number of imidazole rings is 1. The maximum absolute atomic E-state index is 13.1. The van der Waals surface area contributed by atoms with Crippen molar-refractivity contribution in [2.45, 2.75) is 13.1 Å². The van der Waals surface area contributed by atoms with Crippen molar-refractivity contribution in [3.05, 3.63) is 92.7 Å². The molecular formula is C19H14Cl2N4O. The third-order valence-electron chi connectivity index (χ3n) is 4.15. The molecule has 4 aromatic rings. The minimum atomic E-state index is -0.203. The molecule has 0 radical (unpaired) electrons. The van der Waals surface area contributed by atoms with E-state index in [1.807, 2.05) is 60.7 Å². The van der Waals surface area contributed by atoms with Crippen molar-refractivity contribution in [3.63, 3.8) is 0 Å². The van der Waals surface area contributed by atoms with Crippen molar-refractivity contribution < 1.29 is 0 Å². The van der Waals surface area contributed by atoms with Crippen LogP contribution in [0.5, 0.6) is 0 Å². The van der Waals surface area contributed by atoms with E-state index >= 15 is 0 Å². The first-order valence-corrected chi connectivity index (χ1v) is 8.79. The highest BCUT2D eigenvalue weighted by atomic mass is 35.5. The summed E-state index contributed by atoms with van der Waals surface area (Å²) in [6.07, 6.45) is 0. The molecule has 2 aromatic carbocycles. The Hall–Kier alpha value is -2.63. The van der Waals surface area contributed by atoms with E-state index in [1.54, 1.807) is 9.13 Å². The van der Waals surface area contributed by atoms with Crippen molar-refractivity contribution in [3.8, 4) is 0 Å². The first-order valence-electron chi connectivity index (χ1n) is 8.03. The van der Waals surface area contributed by atoms with Gasteiger partial charge in [0, 0.05) is 0 Å². The van der Waals surface area contributed by atoms with Gasteiger partial charge >= 0.3 is 5.69 Å². The lowest BCUT2D eigenvalue weighted by molar-refractivity contribution is 0.698. The fourth-order valence-corrected chi connectivity index (χ4v) is 3.44. The molecule has 0 aliphatic carbocycles. The van der Waals surface area contributed by atoms with Gasteiger partial charge in [-0.2, -0.15) is 4.98 Å². The summed E-state index contributed by atoms with van der Waals surface area (Å²) in [6, 6.07) is 19.4. The average molecular weight is 385 g/mol. The summed E-state index contributed by atoms with van der Waals surface area (Å²) in [5, 5.41) is 0.181. The number of halogens is 2. The van der Waals surface area contributed by atoms with E-state index in [0.717, 1.165) is 11.1 Å². The van der Waals surface area contributed by atoms with Gasteiger partial charge in [0.25, 0.3) is 0 Å². The lowest BCUT2D eigenvalue weighted by atomic mass is 10.2. The first-order chi connectivity index (χ1) is 12.6. The van der Waals surface area contributed by atoms with Crippen LogP contribution >= 0.6 is 23.2 Å². The maximum Gasteiger partial charge on any atom is 0.331 e. The van der Waals surface area contributed by atoms with Crippen LogP contribution in [0.1, 0.15) is 11.1 Å². The SMILES string of the molecule is O=c1n(Cc2ccccc2)c2nc(Cl)nc(Cl)c2n1Cc1ccccc1. The normalized spacial score (nSPS) is 11.2. The molecule has 0 aliphatic heterocycles. The molecular weight excluding hydrogens is 371 g/mol. The number of fused-ring (bicyclic) bond motifs is 1. The maximum atomic E-state index is 13.1. The molecule has 5 nitrogen and oxygen atoms in total. The summed E-state index contributed by atoms with van der Waals surface area (Å²) in [5.41, 5.74) is 2.69. The van der Waals surface area contributed by atoms with E-state index in [4.69, 9.17) is 23.2 Å². The van der Waals surface area contributed by atoms with E-state index in [0.29, 0.717) is 24.3 Å². The second-order valence-corrected chi connectivity index (χ2v) is 6.58. The summed E-state index contributed by atoms with van der Waals surface area (Å²) in [6.45, 7) is 0.754. The summed E-state index contributed by atoms with van der Waals surface area (Å²) < 4.78 is 3.17. The molecule has 0 unspecified atom stereocenters. The Kier molecular flexibility index (Phi) is 4.49. The average Bonchev–Trinajstić information content (AvgIpc) is 2.89. The van der Waals surface area contributed by atoms with Gasteiger partial charge in [0.15, 0.2) is 10.8 Å². The van der Waals surface area contributed by atoms with Gasteiger partial charge in [-0.25, -0.2) is 9.78 Å². The number of nitrogens with zero attached hydrogens (tertiary/aromatic N) is 4. The molecule has 130 valence electrons. The van der Waals surface area contributed by atoms with Gasteiger partial charge in [-0.05, 0) is 22.7 Å².